The number of nitrogens with zero attached hydrogens (tertiary/aromatic N) is 9. The van der Waals surface area contributed by atoms with E-state index in [2.05, 4.69) is 118 Å². The van der Waals surface area contributed by atoms with Gasteiger partial charge in [0, 0.05) is 75.5 Å². The van der Waals surface area contributed by atoms with Crippen molar-refractivity contribution in [2.45, 2.75) is 132 Å². The lowest BCUT2D eigenvalue weighted by Gasteiger charge is -2.57. The highest BCUT2D eigenvalue weighted by molar-refractivity contribution is 5.81. The molecule has 3 heterocycles. The Labute approximate surface area is 222 Å². The monoisotopic (exact) mass is 506 g/mol. The van der Waals surface area contributed by atoms with Gasteiger partial charge in [0.15, 0.2) is 12.6 Å². The van der Waals surface area contributed by atoms with Crippen LogP contribution in [0.4, 0.5) is 0 Å². The zero-order chi connectivity index (χ0) is 26.9. The molecule has 0 aromatic heterocycles. The van der Waals surface area contributed by atoms with Gasteiger partial charge in [-0.05, 0) is 83.1 Å². The molecule has 3 atom stereocenters. The van der Waals surface area contributed by atoms with Crippen molar-refractivity contribution < 1.29 is 0 Å². The molecular weight excluding hydrogens is 450 g/mol. The van der Waals surface area contributed by atoms with Crippen LogP contribution in [0.25, 0.3) is 0 Å². The van der Waals surface area contributed by atoms with Crippen molar-refractivity contribution in [3.05, 3.63) is 0 Å². The van der Waals surface area contributed by atoms with Crippen molar-refractivity contribution in [3.63, 3.8) is 0 Å². The molecule has 0 amide bonds. The van der Waals surface area contributed by atoms with E-state index in [9.17, 15) is 0 Å². The third-order valence-corrected chi connectivity index (χ3v) is 7.70. The Morgan fingerprint density at radius 1 is 0.778 bits per heavy atom. The summed E-state index contributed by atoms with van der Waals surface area (Å²) in [6, 6.07) is 2.27. The molecule has 0 spiro atoms. The standard InChI is InChI=1S/C27H56N9/c1-19(2)28-13-14-30(20(3)4)25-29-26-31(21(5)6)15-16-32(22(7)8)27-35(25)33(23(9)10)17-18-34(24(11)12)36(26)27/h19-25,27H,13-18H2,1-12H3. The van der Waals surface area contributed by atoms with E-state index in [0.29, 0.717) is 36.3 Å². The Hall–Kier alpha value is -0.970. The van der Waals surface area contributed by atoms with Crippen LogP contribution in [0.3, 0.4) is 0 Å². The lowest BCUT2D eigenvalue weighted by atomic mass is 10.2. The molecule has 0 aromatic rings. The molecule has 9 nitrogen and oxygen atoms in total. The predicted molar refractivity (Wildman–Crippen MR) is 150 cm³/mol. The molecule has 2 fully saturated rings. The van der Waals surface area contributed by atoms with Crippen molar-refractivity contribution in [3.8, 4) is 0 Å². The van der Waals surface area contributed by atoms with Crippen LogP contribution in [0.2, 0.25) is 0 Å². The first-order valence-corrected chi connectivity index (χ1v) is 14.5. The topological polar surface area (TPSA) is 49.1 Å². The van der Waals surface area contributed by atoms with E-state index in [1.165, 1.54) is 0 Å². The summed E-state index contributed by atoms with van der Waals surface area (Å²) < 4.78 is 0. The average Bonchev–Trinajstić information content (AvgIpc) is 2.96. The zero-order valence-electron chi connectivity index (χ0n) is 25.4. The van der Waals surface area contributed by atoms with Gasteiger partial charge >= 0.3 is 0 Å². The molecule has 3 rings (SSSR count). The minimum absolute atomic E-state index is 0.0706. The predicted octanol–water partition coefficient (Wildman–Crippen LogP) is 2.95. The Bertz CT molecular complexity index is 720. The highest BCUT2D eigenvalue weighted by atomic mass is 15.9. The molecule has 209 valence electrons. The van der Waals surface area contributed by atoms with Gasteiger partial charge in [0.1, 0.15) is 0 Å². The fourth-order valence-corrected chi connectivity index (χ4v) is 5.78. The van der Waals surface area contributed by atoms with Crippen molar-refractivity contribution in [1.29, 1.82) is 0 Å². The van der Waals surface area contributed by atoms with Gasteiger partial charge in [-0.25, -0.2) is 25.3 Å². The first kappa shape index (κ1) is 29.6. The zero-order valence-corrected chi connectivity index (χ0v) is 25.4. The van der Waals surface area contributed by atoms with E-state index in [4.69, 9.17) is 10.3 Å². The van der Waals surface area contributed by atoms with E-state index >= 15 is 0 Å². The number of guanidine groups is 1. The highest BCUT2D eigenvalue weighted by Gasteiger charge is 2.53. The highest BCUT2D eigenvalue weighted by Crippen LogP contribution is 2.35. The van der Waals surface area contributed by atoms with Crippen molar-refractivity contribution in [2.75, 3.05) is 39.3 Å². The summed E-state index contributed by atoms with van der Waals surface area (Å²) in [5.41, 5.74) is 0. The van der Waals surface area contributed by atoms with E-state index in [-0.39, 0.29) is 12.6 Å². The minimum atomic E-state index is -0.0706. The Kier molecular flexibility index (Phi) is 10.1. The number of hydrogen-bond donors (Lipinski definition) is 0. The summed E-state index contributed by atoms with van der Waals surface area (Å²) in [5.74, 6) is 1.13. The number of hydrazine groups is 2. The van der Waals surface area contributed by atoms with Gasteiger partial charge in [0.25, 0.3) is 0 Å². The van der Waals surface area contributed by atoms with E-state index in [1.54, 1.807) is 0 Å². The smallest absolute Gasteiger partial charge is 0.217 e. The fraction of sp³-hybridized carbons (Fsp3) is 0.963. The number of aliphatic imine (C=N–C) groups is 1. The summed E-state index contributed by atoms with van der Waals surface area (Å²) in [7, 11) is 0. The summed E-state index contributed by atoms with van der Waals surface area (Å²) in [6.45, 7) is 33.3. The van der Waals surface area contributed by atoms with Crippen LogP contribution in [0, 0.1) is 0 Å². The fourth-order valence-electron chi connectivity index (χ4n) is 5.78. The van der Waals surface area contributed by atoms with Gasteiger partial charge < -0.3 is 4.90 Å². The Balaban J connectivity index is 2.23. The third-order valence-electron chi connectivity index (χ3n) is 7.70. The largest absolute Gasteiger partial charge is 0.338 e. The van der Waals surface area contributed by atoms with Crippen LogP contribution in [0.15, 0.2) is 4.99 Å². The Morgan fingerprint density at radius 2 is 1.39 bits per heavy atom. The van der Waals surface area contributed by atoms with Gasteiger partial charge in [-0.2, -0.15) is 5.01 Å². The second-order valence-corrected chi connectivity index (χ2v) is 12.3. The maximum absolute atomic E-state index is 5.66. The van der Waals surface area contributed by atoms with Gasteiger partial charge in [-0.3, -0.25) is 9.80 Å². The van der Waals surface area contributed by atoms with E-state index in [1.807, 2.05) is 0 Å². The summed E-state index contributed by atoms with van der Waals surface area (Å²) in [6.07, 6.45) is 0.0144. The molecule has 4 bridgehead atoms. The molecule has 3 aliphatic rings. The van der Waals surface area contributed by atoms with Crippen LogP contribution in [-0.4, -0.2) is 129 Å². The third kappa shape index (κ3) is 6.02. The van der Waals surface area contributed by atoms with Crippen LogP contribution in [0.1, 0.15) is 83.1 Å². The lowest BCUT2D eigenvalue weighted by Crippen LogP contribution is -2.74. The second kappa shape index (κ2) is 12.3. The molecule has 1 radical (unpaired) electrons. The molecule has 0 saturated carbocycles. The molecule has 3 aliphatic heterocycles. The molecule has 0 N–H and O–H groups in total. The summed E-state index contributed by atoms with van der Waals surface area (Å²) in [5, 5.41) is 15.2. The maximum atomic E-state index is 5.66. The van der Waals surface area contributed by atoms with Gasteiger partial charge in [0.2, 0.25) is 5.96 Å². The first-order valence-electron chi connectivity index (χ1n) is 14.5. The van der Waals surface area contributed by atoms with Gasteiger partial charge in [0.05, 0.1) is 0 Å². The van der Waals surface area contributed by atoms with Crippen LogP contribution < -0.4 is 5.32 Å². The minimum Gasteiger partial charge on any atom is -0.338 e. The van der Waals surface area contributed by atoms with Gasteiger partial charge in [-0.15, -0.1) is 0 Å². The van der Waals surface area contributed by atoms with E-state index < -0.39 is 0 Å². The first-order chi connectivity index (χ1) is 16.9. The van der Waals surface area contributed by atoms with Crippen molar-refractivity contribution in [1.82, 2.24) is 40.1 Å². The Morgan fingerprint density at radius 3 is 1.89 bits per heavy atom. The lowest BCUT2D eigenvalue weighted by molar-refractivity contribution is -0.244. The molecule has 2 saturated heterocycles. The molecule has 0 aromatic carbocycles. The molecule has 0 aliphatic carbocycles. The number of hydrogen-bond acceptors (Lipinski definition) is 8. The van der Waals surface area contributed by atoms with E-state index in [0.717, 1.165) is 45.2 Å². The van der Waals surface area contributed by atoms with Crippen LogP contribution >= 0.6 is 0 Å². The van der Waals surface area contributed by atoms with Crippen LogP contribution in [-0.2, 0) is 0 Å². The number of rotatable bonds is 10. The summed E-state index contributed by atoms with van der Waals surface area (Å²) >= 11 is 0. The summed E-state index contributed by atoms with van der Waals surface area (Å²) in [4.78, 5) is 13.5. The van der Waals surface area contributed by atoms with Crippen molar-refractivity contribution >= 4 is 5.96 Å². The van der Waals surface area contributed by atoms with Crippen LogP contribution in [0.5, 0.6) is 0 Å². The normalized spacial score (nSPS) is 26.9. The average molecular weight is 507 g/mol. The van der Waals surface area contributed by atoms with Gasteiger partial charge in [-0.1, -0.05) is 0 Å². The molecule has 3 unspecified atom stereocenters. The maximum Gasteiger partial charge on any atom is 0.217 e. The van der Waals surface area contributed by atoms with Crippen molar-refractivity contribution in [2.24, 2.45) is 4.99 Å². The molecular formula is C27H56N9. The second-order valence-electron chi connectivity index (χ2n) is 12.3. The quantitative estimate of drug-likeness (QED) is 0.451. The molecule has 9 heteroatoms. The molecule has 36 heavy (non-hydrogen) atoms. The SMILES string of the molecule is CC(C)[N]CCN(C(C)C)C1N=C2N(C(C)C)CCN(C(C)C)C3N2N(C(C)C)CCN(C(C)C)N13.